The standard InChI is InChI=1S/C19H34N4O2.2ClH/c1-15(16-12-20-13-16)19(25)23-10-8-22(9-11-23)14-18(24)21(2)17-6-4-3-5-7-17;;/h15-17,20H,3-14H2,1-2H3;2*1H. The molecule has 3 fully saturated rings. The Kier molecular flexibility index (Phi) is 10.4. The number of hydrogen-bond acceptors (Lipinski definition) is 4. The predicted molar refractivity (Wildman–Crippen MR) is 113 cm³/mol. The van der Waals surface area contributed by atoms with Crippen molar-refractivity contribution < 1.29 is 9.59 Å². The van der Waals surface area contributed by atoms with Crippen LogP contribution in [0.15, 0.2) is 0 Å². The number of likely N-dealkylation sites (N-methyl/N-ethyl adjacent to an activating group) is 1. The Morgan fingerprint density at radius 2 is 1.63 bits per heavy atom. The Hall–Kier alpha value is -0.560. The second kappa shape index (κ2) is 11.4. The van der Waals surface area contributed by atoms with E-state index in [0.717, 1.165) is 52.1 Å². The molecule has 2 saturated heterocycles. The topological polar surface area (TPSA) is 55.9 Å². The molecule has 8 heteroatoms. The van der Waals surface area contributed by atoms with E-state index in [1.54, 1.807) is 0 Å². The molecule has 3 aliphatic rings. The Morgan fingerprint density at radius 1 is 1.04 bits per heavy atom. The van der Waals surface area contributed by atoms with Crippen LogP contribution in [0.1, 0.15) is 39.0 Å². The summed E-state index contributed by atoms with van der Waals surface area (Å²) in [6.45, 7) is 7.62. The fourth-order valence-corrected chi connectivity index (χ4v) is 4.26. The molecule has 3 rings (SSSR count). The van der Waals surface area contributed by atoms with Crippen LogP contribution < -0.4 is 5.32 Å². The van der Waals surface area contributed by atoms with E-state index in [1.807, 2.05) is 16.8 Å². The summed E-state index contributed by atoms with van der Waals surface area (Å²) in [4.78, 5) is 31.3. The van der Waals surface area contributed by atoms with Crippen molar-refractivity contribution in [2.45, 2.75) is 45.1 Å². The fraction of sp³-hybridized carbons (Fsp3) is 0.895. The zero-order valence-electron chi connectivity index (χ0n) is 16.7. The summed E-state index contributed by atoms with van der Waals surface area (Å²) in [7, 11) is 1.96. The van der Waals surface area contributed by atoms with Gasteiger partial charge in [-0.1, -0.05) is 26.2 Å². The van der Waals surface area contributed by atoms with E-state index in [2.05, 4.69) is 17.1 Å². The molecule has 0 aromatic heterocycles. The molecule has 0 bridgehead atoms. The van der Waals surface area contributed by atoms with Gasteiger partial charge >= 0.3 is 0 Å². The predicted octanol–water partition coefficient (Wildman–Crippen LogP) is 1.62. The quantitative estimate of drug-likeness (QED) is 0.730. The van der Waals surface area contributed by atoms with E-state index < -0.39 is 0 Å². The number of halogens is 2. The molecule has 6 nitrogen and oxygen atoms in total. The van der Waals surface area contributed by atoms with Gasteiger partial charge in [0, 0.05) is 45.2 Å². The van der Waals surface area contributed by atoms with Crippen LogP contribution in [0.5, 0.6) is 0 Å². The van der Waals surface area contributed by atoms with Gasteiger partial charge in [-0.2, -0.15) is 0 Å². The zero-order valence-corrected chi connectivity index (χ0v) is 18.3. The highest BCUT2D eigenvalue weighted by molar-refractivity contribution is 5.85. The summed E-state index contributed by atoms with van der Waals surface area (Å²) in [5, 5.41) is 3.24. The number of rotatable bonds is 5. The molecule has 0 radical (unpaired) electrons. The Bertz CT molecular complexity index is 476. The summed E-state index contributed by atoms with van der Waals surface area (Å²) in [6.07, 6.45) is 6.11. The lowest BCUT2D eigenvalue weighted by molar-refractivity contribution is -0.140. The third-order valence-electron chi connectivity index (χ3n) is 6.47. The maximum absolute atomic E-state index is 12.6. The summed E-state index contributed by atoms with van der Waals surface area (Å²) in [5.41, 5.74) is 0. The second-order valence-electron chi connectivity index (χ2n) is 8.10. The normalized spacial score (nSPS) is 22.8. The first-order valence-corrected chi connectivity index (χ1v) is 10.0. The van der Waals surface area contributed by atoms with Gasteiger partial charge in [0.2, 0.25) is 11.8 Å². The SMILES string of the molecule is CC(C(=O)N1CCN(CC(=O)N(C)C2CCCCC2)CC1)C1CNC1.Cl.Cl. The molecule has 1 saturated carbocycles. The molecule has 158 valence electrons. The lowest BCUT2D eigenvalue weighted by Gasteiger charge is -2.39. The molecule has 0 spiro atoms. The van der Waals surface area contributed by atoms with Gasteiger partial charge in [-0.05, 0) is 31.8 Å². The molecule has 2 aliphatic heterocycles. The lowest BCUT2D eigenvalue weighted by Crippen LogP contribution is -2.55. The molecule has 27 heavy (non-hydrogen) atoms. The molecule has 2 heterocycles. The van der Waals surface area contributed by atoms with Crippen molar-refractivity contribution in [3.8, 4) is 0 Å². The molecule has 1 atom stereocenters. The first-order chi connectivity index (χ1) is 12.1. The van der Waals surface area contributed by atoms with Crippen molar-refractivity contribution in [3.63, 3.8) is 0 Å². The summed E-state index contributed by atoms with van der Waals surface area (Å²) in [5.74, 6) is 1.14. The summed E-state index contributed by atoms with van der Waals surface area (Å²) < 4.78 is 0. The van der Waals surface area contributed by atoms with Gasteiger partial charge in [-0.25, -0.2) is 0 Å². The van der Waals surface area contributed by atoms with E-state index in [1.165, 1.54) is 19.3 Å². The fourth-order valence-electron chi connectivity index (χ4n) is 4.26. The molecule has 0 aromatic rings. The highest BCUT2D eigenvalue weighted by Crippen LogP contribution is 2.22. The first-order valence-electron chi connectivity index (χ1n) is 10.0. The number of amides is 2. The molecule has 1 unspecified atom stereocenters. The van der Waals surface area contributed by atoms with E-state index in [9.17, 15) is 9.59 Å². The van der Waals surface area contributed by atoms with Crippen molar-refractivity contribution in [2.75, 3.05) is 52.9 Å². The van der Waals surface area contributed by atoms with Gasteiger partial charge in [0.1, 0.15) is 0 Å². The Labute approximate surface area is 176 Å². The van der Waals surface area contributed by atoms with Gasteiger partial charge in [0.25, 0.3) is 0 Å². The zero-order chi connectivity index (χ0) is 17.8. The van der Waals surface area contributed by atoms with Crippen LogP contribution in [0.3, 0.4) is 0 Å². The Morgan fingerprint density at radius 3 is 2.15 bits per heavy atom. The van der Waals surface area contributed by atoms with E-state index in [4.69, 9.17) is 0 Å². The highest BCUT2D eigenvalue weighted by Gasteiger charge is 2.33. The minimum Gasteiger partial charge on any atom is -0.342 e. The Balaban J connectivity index is 0.00000182. The van der Waals surface area contributed by atoms with E-state index >= 15 is 0 Å². The lowest BCUT2D eigenvalue weighted by atomic mass is 9.88. The van der Waals surface area contributed by atoms with Crippen molar-refractivity contribution in [3.05, 3.63) is 0 Å². The van der Waals surface area contributed by atoms with Gasteiger partial charge in [-0.15, -0.1) is 24.8 Å². The largest absolute Gasteiger partial charge is 0.342 e. The smallest absolute Gasteiger partial charge is 0.236 e. The maximum Gasteiger partial charge on any atom is 0.236 e. The van der Waals surface area contributed by atoms with Crippen molar-refractivity contribution in [1.29, 1.82) is 0 Å². The van der Waals surface area contributed by atoms with Crippen LogP contribution in [0.2, 0.25) is 0 Å². The number of carbonyl (C=O) groups excluding carboxylic acids is 2. The van der Waals surface area contributed by atoms with Gasteiger partial charge in [-0.3, -0.25) is 14.5 Å². The number of piperazine rings is 1. The monoisotopic (exact) mass is 422 g/mol. The number of nitrogens with zero attached hydrogens (tertiary/aromatic N) is 3. The summed E-state index contributed by atoms with van der Waals surface area (Å²) >= 11 is 0. The van der Waals surface area contributed by atoms with Crippen LogP contribution in [0.25, 0.3) is 0 Å². The van der Waals surface area contributed by atoms with Gasteiger partial charge < -0.3 is 15.1 Å². The second-order valence-corrected chi connectivity index (χ2v) is 8.10. The van der Waals surface area contributed by atoms with Crippen LogP contribution in [0, 0.1) is 11.8 Å². The highest BCUT2D eigenvalue weighted by atomic mass is 35.5. The summed E-state index contributed by atoms with van der Waals surface area (Å²) in [6, 6.07) is 0.432. The van der Waals surface area contributed by atoms with E-state index in [-0.39, 0.29) is 42.5 Å². The first kappa shape index (κ1) is 24.5. The molecule has 2 amide bonds. The van der Waals surface area contributed by atoms with Crippen molar-refractivity contribution in [1.82, 2.24) is 20.0 Å². The average molecular weight is 423 g/mol. The molecule has 1 N–H and O–H groups in total. The van der Waals surface area contributed by atoms with Crippen LogP contribution >= 0.6 is 24.8 Å². The molecule has 1 aliphatic carbocycles. The number of nitrogens with one attached hydrogen (secondary N) is 1. The minimum absolute atomic E-state index is 0. The van der Waals surface area contributed by atoms with Crippen LogP contribution in [-0.4, -0.2) is 85.4 Å². The van der Waals surface area contributed by atoms with Gasteiger partial charge in [0.05, 0.1) is 6.54 Å². The van der Waals surface area contributed by atoms with Crippen molar-refractivity contribution >= 4 is 36.6 Å². The maximum atomic E-state index is 12.6. The molecular formula is C19H36Cl2N4O2. The van der Waals surface area contributed by atoms with E-state index in [0.29, 0.717) is 18.5 Å². The van der Waals surface area contributed by atoms with Crippen molar-refractivity contribution in [2.24, 2.45) is 11.8 Å². The molecular weight excluding hydrogens is 387 g/mol. The van der Waals surface area contributed by atoms with Crippen LogP contribution in [0.4, 0.5) is 0 Å². The average Bonchev–Trinajstić information content (AvgIpc) is 2.60. The molecule has 0 aromatic carbocycles. The number of carbonyl (C=O) groups is 2. The third-order valence-corrected chi connectivity index (χ3v) is 6.47. The minimum atomic E-state index is 0. The number of hydrogen-bond donors (Lipinski definition) is 1. The van der Waals surface area contributed by atoms with Crippen LogP contribution in [-0.2, 0) is 9.59 Å². The third kappa shape index (κ3) is 6.21. The van der Waals surface area contributed by atoms with Gasteiger partial charge in [0.15, 0.2) is 0 Å².